The minimum Gasteiger partial charge on any atom is -0.476 e. The summed E-state index contributed by atoms with van der Waals surface area (Å²) in [4.78, 5) is 17.8. The minimum atomic E-state index is -1.04. The second-order valence-electron chi connectivity index (χ2n) is 5.77. The summed E-state index contributed by atoms with van der Waals surface area (Å²) in [5.41, 5.74) is 0.0430. The van der Waals surface area contributed by atoms with Gasteiger partial charge >= 0.3 is 5.97 Å². The van der Waals surface area contributed by atoms with Gasteiger partial charge in [0, 0.05) is 6.04 Å². The van der Waals surface area contributed by atoms with E-state index in [-0.39, 0.29) is 18.3 Å². The van der Waals surface area contributed by atoms with Crippen LogP contribution in [0.5, 0.6) is 0 Å². The van der Waals surface area contributed by atoms with Gasteiger partial charge in [-0.2, -0.15) is 0 Å². The van der Waals surface area contributed by atoms with Crippen LogP contribution in [0.25, 0.3) is 4.83 Å². The highest BCUT2D eigenvalue weighted by Gasteiger charge is 2.44. The lowest BCUT2D eigenvalue weighted by Gasteiger charge is -2.27. The number of rotatable bonds is 3. The topological polar surface area (TPSA) is 91.0 Å². The Morgan fingerprint density at radius 3 is 3.10 bits per heavy atom. The van der Waals surface area contributed by atoms with Gasteiger partial charge in [0.2, 0.25) is 5.13 Å². The van der Waals surface area contributed by atoms with Crippen LogP contribution in [-0.2, 0) is 0 Å². The normalized spacial score (nSPS) is 28.4. The lowest BCUT2D eigenvalue weighted by molar-refractivity contribution is 0.0693. The first-order valence-corrected chi connectivity index (χ1v) is 7.97. The molecule has 8 heteroatoms. The van der Waals surface area contributed by atoms with Crippen LogP contribution in [0.4, 0.5) is 5.13 Å². The molecule has 2 aliphatic rings. The van der Waals surface area contributed by atoms with E-state index in [1.54, 1.807) is 0 Å². The number of fused-ring (bicyclic) bond motifs is 2. The molecule has 3 heterocycles. The number of aliphatic hydroxyl groups is 1. The van der Waals surface area contributed by atoms with E-state index in [9.17, 15) is 9.90 Å². The first kappa shape index (κ1) is 13.0. The summed E-state index contributed by atoms with van der Waals surface area (Å²) in [5, 5.41) is 24.1. The summed E-state index contributed by atoms with van der Waals surface area (Å²) in [6.45, 7) is 0.117. The van der Waals surface area contributed by atoms with E-state index in [0.29, 0.717) is 16.8 Å². The van der Waals surface area contributed by atoms with Crippen LogP contribution in [0.2, 0.25) is 0 Å². The van der Waals surface area contributed by atoms with Gasteiger partial charge in [0.05, 0.1) is 12.6 Å². The quantitative estimate of drug-likeness (QED) is 0.886. The van der Waals surface area contributed by atoms with Crippen LogP contribution in [0.3, 0.4) is 0 Å². The standard InChI is InChI=1S/C13H16N4O3S/c18-5-8-4-7-2-1-3-9(7)17(8)13-15-16-6-14-10(12(19)20)11(16)21-13/h6-9,18H,1-5H2,(H,19,20)/t7-,8-,9-/m0/s1. The monoisotopic (exact) mass is 308 g/mol. The van der Waals surface area contributed by atoms with Gasteiger partial charge in [-0.3, -0.25) is 0 Å². The summed E-state index contributed by atoms with van der Waals surface area (Å²) in [6.07, 6.45) is 5.99. The zero-order valence-corrected chi connectivity index (χ0v) is 12.2. The molecule has 4 rings (SSSR count). The van der Waals surface area contributed by atoms with Crippen molar-refractivity contribution in [2.75, 3.05) is 11.5 Å². The predicted molar refractivity (Wildman–Crippen MR) is 76.9 cm³/mol. The number of imidazole rings is 1. The van der Waals surface area contributed by atoms with Crippen molar-refractivity contribution in [1.82, 2.24) is 14.6 Å². The van der Waals surface area contributed by atoms with Crippen LogP contribution < -0.4 is 4.90 Å². The Kier molecular flexibility index (Phi) is 2.90. The third kappa shape index (κ3) is 1.86. The number of hydrogen-bond acceptors (Lipinski definition) is 6. The summed E-state index contributed by atoms with van der Waals surface area (Å²) in [6, 6.07) is 0.525. The molecule has 2 fully saturated rings. The van der Waals surface area contributed by atoms with Crippen LogP contribution in [0, 0.1) is 5.92 Å². The average Bonchev–Trinajstić information content (AvgIpc) is 3.15. The number of aromatic carboxylic acids is 1. The SMILES string of the molecule is O=C(O)c1ncn2nc(N3[C@H](CO)C[C@@H]4CCC[C@@H]43)sc12. The number of hydrogen-bond donors (Lipinski definition) is 2. The molecule has 1 aliphatic heterocycles. The van der Waals surface area contributed by atoms with Gasteiger partial charge in [-0.05, 0) is 25.2 Å². The molecule has 1 saturated heterocycles. The molecule has 0 unspecified atom stereocenters. The summed E-state index contributed by atoms with van der Waals surface area (Å²) < 4.78 is 1.53. The minimum absolute atomic E-state index is 0.0430. The van der Waals surface area contributed by atoms with Gasteiger partial charge in [-0.25, -0.2) is 14.3 Å². The predicted octanol–water partition coefficient (Wildman–Crippen LogP) is 1.23. The molecule has 0 radical (unpaired) electrons. The molecule has 0 aromatic carbocycles. The third-order valence-corrected chi connectivity index (χ3v) is 5.72. The van der Waals surface area contributed by atoms with Gasteiger partial charge in [-0.1, -0.05) is 17.8 Å². The lowest BCUT2D eigenvalue weighted by atomic mass is 10.0. The smallest absolute Gasteiger partial charge is 0.357 e. The number of anilines is 1. The second-order valence-corrected chi connectivity index (χ2v) is 6.73. The van der Waals surface area contributed by atoms with Crippen molar-refractivity contribution in [3.8, 4) is 0 Å². The van der Waals surface area contributed by atoms with E-state index in [0.717, 1.165) is 18.0 Å². The molecule has 1 aliphatic carbocycles. The lowest BCUT2D eigenvalue weighted by Crippen LogP contribution is -2.38. The summed E-state index contributed by atoms with van der Waals surface area (Å²) >= 11 is 1.35. The molecule has 21 heavy (non-hydrogen) atoms. The zero-order valence-electron chi connectivity index (χ0n) is 11.3. The fraction of sp³-hybridized carbons (Fsp3) is 0.615. The Bertz CT molecular complexity index is 697. The van der Waals surface area contributed by atoms with Crippen molar-refractivity contribution in [1.29, 1.82) is 0 Å². The van der Waals surface area contributed by atoms with E-state index >= 15 is 0 Å². The molecule has 112 valence electrons. The number of carboxylic acids is 1. The van der Waals surface area contributed by atoms with E-state index in [4.69, 9.17) is 5.11 Å². The van der Waals surface area contributed by atoms with Crippen molar-refractivity contribution in [2.24, 2.45) is 5.92 Å². The van der Waals surface area contributed by atoms with Crippen LogP contribution in [-0.4, -0.2) is 49.5 Å². The van der Waals surface area contributed by atoms with Gasteiger partial charge in [-0.15, -0.1) is 5.10 Å². The summed E-state index contributed by atoms with van der Waals surface area (Å²) in [7, 11) is 0. The van der Waals surface area contributed by atoms with Crippen molar-refractivity contribution >= 4 is 27.3 Å². The maximum absolute atomic E-state index is 11.2. The van der Waals surface area contributed by atoms with Crippen molar-refractivity contribution in [3.05, 3.63) is 12.0 Å². The Morgan fingerprint density at radius 1 is 1.48 bits per heavy atom. The summed E-state index contributed by atoms with van der Waals surface area (Å²) in [5.74, 6) is -0.408. The van der Waals surface area contributed by atoms with E-state index in [1.807, 2.05) is 0 Å². The molecule has 2 aromatic rings. The fourth-order valence-electron chi connectivity index (χ4n) is 3.80. The maximum atomic E-state index is 11.2. The van der Waals surface area contributed by atoms with Crippen molar-refractivity contribution < 1.29 is 15.0 Å². The number of aliphatic hydroxyl groups excluding tert-OH is 1. The Hall–Kier alpha value is -1.67. The largest absolute Gasteiger partial charge is 0.476 e. The number of carbonyl (C=O) groups is 1. The first-order valence-electron chi connectivity index (χ1n) is 7.15. The molecular formula is C13H16N4O3S. The molecular weight excluding hydrogens is 292 g/mol. The van der Waals surface area contributed by atoms with Crippen LogP contribution >= 0.6 is 11.3 Å². The molecule has 7 nitrogen and oxygen atoms in total. The highest BCUT2D eigenvalue weighted by Crippen LogP contribution is 2.44. The number of nitrogens with zero attached hydrogens (tertiary/aromatic N) is 4. The van der Waals surface area contributed by atoms with E-state index in [2.05, 4.69) is 15.0 Å². The highest BCUT2D eigenvalue weighted by molar-refractivity contribution is 7.21. The Balaban J connectivity index is 1.76. The van der Waals surface area contributed by atoms with E-state index in [1.165, 1.54) is 35.0 Å². The molecule has 3 atom stereocenters. The molecule has 0 amide bonds. The van der Waals surface area contributed by atoms with Gasteiger partial charge < -0.3 is 15.1 Å². The second kappa shape index (κ2) is 4.67. The van der Waals surface area contributed by atoms with Crippen molar-refractivity contribution in [2.45, 2.75) is 37.8 Å². The van der Waals surface area contributed by atoms with Crippen molar-refractivity contribution in [3.63, 3.8) is 0 Å². The molecule has 0 bridgehead atoms. The molecule has 0 spiro atoms. The third-order valence-electron chi connectivity index (χ3n) is 4.67. The van der Waals surface area contributed by atoms with E-state index < -0.39 is 5.97 Å². The van der Waals surface area contributed by atoms with Gasteiger partial charge in [0.15, 0.2) is 10.5 Å². The molecule has 1 saturated carbocycles. The highest BCUT2D eigenvalue weighted by atomic mass is 32.1. The number of carboxylic acid groups (broad SMARTS) is 1. The Labute approximate surface area is 124 Å². The zero-order chi connectivity index (χ0) is 14.6. The fourth-order valence-corrected chi connectivity index (χ4v) is 4.91. The molecule has 2 N–H and O–H groups in total. The van der Waals surface area contributed by atoms with Gasteiger partial charge in [0.1, 0.15) is 6.33 Å². The maximum Gasteiger partial charge on any atom is 0.357 e. The number of aromatic nitrogens is 3. The molecule has 2 aromatic heterocycles. The average molecular weight is 308 g/mol. The first-order chi connectivity index (χ1) is 10.2. The van der Waals surface area contributed by atoms with Crippen LogP contribution in [0.1, 0.15) is 36.2 Å². The Morgan fingerprint density at radius 2 is 2.33 bits per heavy atom. The van der Waals surface area contributed by atoms with Crippen LogP contribution in [0.15, 0.2) is 6.33 Å². The van der Waals surface area contributed by atoms with Gasteiger partial charge in [0.25, 0.3) is 0 Å².